The maximum Gasteiger partial charge on any atom is 0.264 e. The highest BCUT2D eigenvalue weighted by Crippen LogP contribution is 2.26. The van der Waals surface area contributed by atoms with Crippen molar-refractivity contribution in [2.75, 3.05) is 23.3 Å². The number of carbonyl (C=O) groups excluding carboxylic acids is 2. The second-order valence-corrected chi connectivity index (χ2v) is 10.0. The molecule has 2 N–H and O–H groups in total. The predicted octanol–water partition coefficient (Wildman–Crippen LogP) is 3.85. The number of amides is 2. The predicted molar refractivity (Wildman–Crippen MR) is 144 cm³/mol. The first-order valence-electron chi connectivity index (χ1n) is 11.7. The van der Waals surface area contributed by atoms with Crippen LogP contribution in [0, 0.1) is 0 Å². The quantitative estimate of drug-likeness (QED) is 0.322. The van der Waals surface area contributed by atoms with Gasteiger partial charge in [-0.2, -0.15) is 0 Å². The van der Waals surface area contributed by atoms with Gasteiger partial charge in [0.15, 0.2) is 0 Å². The minimum atomic E-state index is -4.08. The van der Waals surface area contributed by atoms with E-state index in [1.165, 1.54) is 19.2 Å². The Morgan fingerprint density at radius 1 is 0.895 bits per heavy atom. The number of anilines is 2. The van der Waals surface area contributed by atoms with Gasteiger partial charge in [-0.3, -0.25) is 18.9 Å². The molecule has 1 aromatic heterocycles. The van der Waals surface area contributed by atoms with Crippen molar-refractivity contribution in [3.63, 3.8) is 0 Å². The minimum Gasteiger partial charge on any atom is -0.497 e. The summed E-state index contributed by atoms with van der Waals surface area (Å²) in [5.41, 5.74) is 1.61. The lowest BCUT2D eigenvalue weighted by atomic mass is 10.1. The molecule has 0 aliphatic rings. The van der Waals surface area contributed by atoms with E-state index in [0.29, 0.717) is 5.75 Å². The summed E-state index contributed by atoms with van der Waals surface area (Å²) < 4.78 is 33.2. The van der Waals surface area contributed by atoms with E-state index in [1.807, 2.05) is 6.07 Å². The Labute approximate surface area is 221 Å². The summed E-state index contributed by atoms with van der Waals surface area (Å²) in [7, 11) is -2.58. The number of pyridine rings is 1. The fourth-order valence-electron chi connectivity index (χ4n) is 3.67. The van der Waals surface area contributed by atoms with Crippen molar-refractivity contribution >= 4 is 33.2 Å². The van der Waals surface area contributed by atoms with Crippen LogP contribution in [0.25, 0.3) is 0 Å². The molecule has 38 heavy (non-hydrogen) atoms. The summed E-state index contributed by atoms with van der Waals surface area (Å²) in [5.74, 6) is -0.469. The number of ether oxygens (including phenoxy) is 1. The fourth-order valence-corrected chi connectivity index (χ4v) is 5.12. The highest BCUT2D eigenvalue weighted by Gasteiger charge is 2.27. The van der Waals surface area contributed by atoms with Crippen LogP contribution in [0.3, 0.4) is 0 Å². The monoisotopic (exact) mass is 530 g/mol. The van der Waals surface area contributed by atoms with E-state index >= 15 is 0 Å². The van der Waals surface area contributed by atoms with E-state index < -0.39 is 28.4 Å². The Hall–Kier alpha value is -4.70. The number of hydrogen-bond acceptors (Lipinski definition) is 6. The van der Waals surface area contributed by atoms with Gasteiger partial charge in [-0.15, -0.1) is 0 Å². The van der Waals surface area contributed by atoms with Gasteiger partial charge in [-0.25, -0.2) is 8.42 Å². The van der Waals surface area contributed by atoms with Crippen LogP contribution >= 0.6 is 0 Å². The number of carbonyl (C=O) groups is 2. The summed E-state index contributed by atoms with van der Waals surface area (Å²) in [5, 5.41) is 5.50. The molecule has 0 bridgehead atoms. The number of aromatic nitrogens is 1. The van der Waals surface area contributed by atoms with Crippen LogP contribution in [0.5, 0.6) is 5.75 Å². The van der Waals surface area contributed by atoms with Gasteiger partial charge in [-0.05, 0) is 60.2 Å². The van der Waals surface area contributed by atoms with Gasteiger partial charge >= 0.3 is 0 Å². The first kappa shape index (κ1) is 26.4. The molecule has 9 nitrogen and oxygen atoms in total. The Balaban J connectivity index is 1.56. The largest absolute Gasteiger partial charge is 0.497 e. The van der Waals surface area contributed by atoms with Crippen molar-refractivity contribution < 1.29 is 22.7 Å². The smallest absolute Gasteiger partial charge is 0.264 e. The number of sulfonamides is 1. The third-order valence-electron chi connectivity index (χ3n) is 5.60. The summed E-state index contributed by atoms with van der Waals surface area (Å²) >= 11 is 0. The Kier molecular flexibility index (Phi) is 8.34. The topological polar surface area (TPSA) is 118 Å². The average molecular weight is 531 g/mol. The highest BCUT2D eigenvalue weighted by atomic mass is 32.2. The molecule has 194 valence electrons. The molecule has 0 aliphatic carbocycles. The van der Waals surface area contributed by atoms with Gasteiger partial charge in [0.05, 0.1) is 28.9 Å². The average Bonchev–Trinajstić information content (AvgIpc) is 2.96. The lowest BCUT2D eigenvalue weighted by Gasteiger charge is -2.24. The van der Waals surface area contributed by atoms with E-state index in [9.17, 15) is 18.0 Å². The van der Waals surface area contributed by atoms with E-state index in [4.69, 9.17) is 4.74 Å². The molecule has 1 heterocycles. The van der Waals surface area contributed by atoms with Crippen LogP contribution in [-0.2, 0) is 21.4 Å². The van der Waals surface area contributed by atoms with Crippen molar-refractivity contribution in [2.45, 2.75) is 11.4 Å². The van der Waals surface area contributed by atoms with Crippen molar-refractivity contribution in [2.24, 2.45) is 0 Å². The lowest BCUT2D eigenvalue weighted by molar-refractivity contribution is -0.114. The van der Waals surface area contributed by atoms with Gasteiger partial charge in [0, 0.05) is 18.9 Å². The number of nitrogens with one attached hydrogen (secondary N) is 2. The van der Waals surface area contributed by atoms with Gasteiger partial charge < -0.3 is 15.4 Å². The van der Waals surface area contributed by atoms with Crippen LogP contribution in [0.15, 0.2) is 108 Å². The summed E-state index contributed by atoms with van der Waals surface area (Å²) in [6.45, 7) is -0.259. The van der Waals surface area contributed by atoms with E-state index in [0.717, 1.165) is 9.87 Å². The van der Waals surface area contributed by atoms with Crippen LogP contribution in [-0.4, -0.2) is 38.9 Å². The fraction of sp³-hybridized carbons (Fsp3) is 0.107. The number of nitrogens with zero attached hydrogens (tertiary/aromatic N) is 2. The zero-order valence-corrected chi connectivity index (χ0v) is 21.4. The number of rotatable bonds is 10. The number of benzene rings is 3. The number of hydrogen-bond donors (Lipinski definition) is 2. The Morgan fingerprint density at radius 3 is 2.29 bits per heavy atom. The zero-order chi connectivity index (χ0) is 27.0. The van der Waals surface area contributed by atoms with Crippen molar-refractivity contribution in [1.29, 1.82) is 0 Å². The maximum atomic E-state index is 13.5. The molecule has 4 rings (SSSR count). The van der Waals surface area contributed by atoms with Crippen molar-refractivity contribution in [1.82, 2.24) is 10.3 Å². The molecular formula is C28H26N4O5S. The molecule has 0 unspecified atom stereocenters. The summed E-state index contributed by atoms with van der Waals surface area (Å²) in [6, 6.07) is 24.3. The molecule has 0 saturated carbocycles. The molecule has 0 atom stereocenters. The maximum absolute atomic E-state index is 13.5. The highest BCUT2D eigenvalue weighted by molar-refractivity contribution is 7.92. The molecule has 3 aromatic carbocycles. The van der Waals surface area contributed by atoms with Gasteiger partial charge in [-0.1, -0.05) is 36.4 Å². The van der Waals surface area contributed by atoms with Crippen LogP contribution in [0.4, 0.5) is 11.4 Å². The Bertz CT molecular complexity index is 1500. The van der Waals surface area contributed by atoms with Crippen LogP contribution in [0.2, 0.25) is 0 Å². The molecule has 0 aliphatic heterocycles. The second-order valence-electron chi connectivity index (χ2n) is 8.16. The van der Waals surface area contributed by atoms with E-state index in [1.54, 1.807) is 85.2 Å². The molecule has 10 heteroatoms. The molecule has 2 amide bonds. The van der Waals surface area contributed by atoms with Gasteiger partial charge in [0.2, 0.25) is 5.91 Å². The zero-order valence-electron chi connectivity index (χ0n) is 20.6. The third kappa shape index (κ3) is 6.34. The SMILES string of the molecule is COc1ccc(N(CC(=O)Nc2ccccc2C(=O)NCc2cccnc2)S(=O)(=O)c2ccccc2)cc1. The van der Waals surface area contributed by atoms with Crippen molar-refractivity contribution in [3.05, 3.63) is 115 Å². The number of methoxy groups -OCH3 is 1. The molecule has 0 radical (unpaired) electrons. The van der Waals surface area contributed by atoms with Crippen LogP contribution in [0.1, 0.15) is 15.9 Å². The number of para-hydroxylation sites is 1. The normalized spacial score (nSPS) is 10.9. The van der Waals surface area contributed by atoms with Crippen LogP contribution < -0.4 is 19.7 Å². The van der Waals surface area contributed by atoms with E-state index in [2.05, 4.69) is 15.6 Å². The van der Waals surface area contributed by atoms with Gasteiger partial charge in [0.1, 0.15) is 12.3 Å². The third-order valence-corrected chi connectivity index (χ3v) is 7.39. The first-order chi connectivity index (χ1) is 18.4. The lowest BCUT2D eigenvalue weighted by Crippen LogP contribution is -2.38. The first-order valence-corrected chi connectivity index (χ1v) is 13.1. The summed E-state index contributed by atoms with van der Waals surface area (Å²) in [6.07, 6.45) is 3.29. The van der Waals surface area contributed by atoms with Gasteiger partial charge in [0.25, 0.3) is 15.9 Å². The Morgan fingerprint density at radius 2 is 1.61 bits per heavy atom. The molecule has 0 fully saturated rings. The second kappa shape index (κ2) is 12.0. The molecular weight excluding hydrogens is 504 g/mol. The molecule has 0 spiro atoms. The van der Waals surface area contributed by atoms with E-state index in [-0.39, 0.29) is 28.4 Å². The minimum absolute atomic E-state index is 0.0406. The molecule has 4 aromatic rings. The van der Waals surface area contributed by atoms with Crippen molar-refractivity contribution in [3.8, 4) is 5.75 Å². The standard InChI is InChI=1S/C28H26N4O5S/c1-37-23-15-13-22(14-16-23)32(38(35,36)24-9-3-2-4-10-24)20-27(33)31-26-12-6-5-11-25(26)28(34)30-19-21-8-7-17-29-18-21/h2-18H,19-20H2,1H3,(H,30,34)(H,31,33). The summed E-state index contributed by atoms with van der Waals surface area (Å²) in [4.78, 5) is 30.1. The molecule has 0 saturated heterocycles.